The first-order chi connectivity index (χ1) is 10.1. The van der Waals surface area contributed by atoms with Crippen LogP contribution in [0.4, 0.5) is 0 Å². The third-order valence-electron chi connectivity index (χ3n) is 3.45. The second-order valence-electron chi connectivity index (χ2n) is 5.06. The first kappa shape index (κ1) is 15.3. The largest absolute Gasteiger partial charge is 0.481 e. The molecule has 5 heteroatoms. The molecular weight excluding hydrogens is 270 g/mol. The Bertz CT molecular complexity index is 553. The van der Waals surface area contributed by atoms with Crippen molar-refractivity contribution in [3.8, 4) is 0 Å². The first-order valence-electron chi connectivity index (χ1n) is 6.92. The van der Waals surface area contributed by atoms with Crippen LogP contribution in [0, 0.1) is 6.92 Å². The van der Waals surface area contributed by atoms with Crippen LogP contribution >= 0.6 is 0 Å². The number of benzene rings is 1. The Kier molecular flexibility index (Phi) is 5.11. The number of carboxylic acids is 1. The van der Waals surface area contributed by atoms with Crippen LogP contribution in [0.2, 0.25) is 0 Å². The maximum atomic E-state index is 12.2. The van der Waals surface area contributed by atoms with Gasteiger partial charge < -0.3 is 14.7 Å². The van der Waals surface area contributed by atoms with Gasteiger partial charge in [0, 0.05) is 19.2 Å². The van der Waals surface area contributed by atoms with Crippen molar-refractivity contribution < 1.29 is 19.4 Å². The average molecular weight is 289 g/mol. The van der Waals surface area contributed by atoms with E-state index < -0.39 is 12.1 Å². The first-order valence-corrected chi connectivity index (χ1v) is 6.92. The van der Waals surface area contributed by atoms with E-state index in [4.69, 9.17) is 9.84 Å². The predicted octanol–water partition coefficient (Wildman–Crippen LogP) is 1.71. The van der Waals surface area contributed by atoms with Gasteiger partial charge in [-0.25, -0.2) is 0 Å². The molecule has 5 nitrogen and oxygen atoms in total. The van der Waals surface area contributed by atoms with Crippen LogP contribution in [0.5, 0.6) is 0 Å². The van der Waals surface area contributed by atoms with E-state index in [-0.39, 0.29) is 12.3 Å². The van der Waals surface area contributed by atoms with Gasteiger partial charge in [0.15, 0.2) is 0 Å². The number of hydrogen-bond donors (Lipinski definition) is 1. The van der Waals surface area contributed by atoms with Gasteiger partial charge in [-0.05, 0) is 24.1 Å². The molecule has 1 heterocycles. The highest BCUT2D eigenvalue weighted by Gasteiger charge is 2.24. The summed E-state index contributed by atoms with van der Waals surface area (Å²) in [5.41, 5.74) is 2.11. The van der Waals surface area contributed by atoms with Crippen molar-refractivity contribution in [1.82, 2.24) is 4.90 Å². The number of nitrogens with zero attached hydrogens (tertiary/aromatic N) is 1. The van der Waals surface area contributed by atoms with E-state index >= 15 is 0 Å². The second-order valence-corrected chi connectivity index (χ2v) is 5.06. The lowest BCUT2D eigenvalue weighted by Gasteiger charge is -2.31. The molecule has 1 saturated heterocycles. The number of hydrogen-bond acceptors (Lipinski definition) is 3. The Morgan fingerprint density at radius 1 is 1.43 bits per heavy atom. The minimum Gasteiger partial charge on any atom is -0.481 e. The zero-order chi connectivity index (χ0) is 15.2. The fraction of sp³-hybridized carbons (Fsp3) is 0.375. The molecule has 1 N–H and O–H groups in total. The van der Waals surface area contributed by atoms with Crippen molar-refractivity contribution in [3.63, 3.8) is 0 Å². The molecule has 1 aliphatic rings. The number of rotatable bonds is 4. The van der Waals surface area contributed by atoms with Crippen LogP contribution in [0.1, 0.15) is 17.5 Å². The summed E-state index contributed by atoms with van der Waals surface area (Å²) >= 11 is 0. The highest BCUT2D eigenvalue weighted by Crippen LogP contribution is 2.12. The van der Waals surface area contributed by atoms with Crippen molar-refractivity contribution in [2.45, 2.75) is 19.4 Å². The SMILES string of the molecule is Cc1ccccc1/C=C/C(=O)N1CCO[C@H](CC(=O)O)C1. The van der Waals surface area contributed by atoms with Gasteiger partial charge in [0.25, 0.3) is 0 Å². The summed E-state index contributed by atoms with van der Waals surface area (Å²) in [6.07, 6.45) is 2.82. The number of carbonyl (C=O) groups is 2. The summed E-state index contributed by atoms with van der Waals surface area (Å²) in [5.74, 6) is -1.03. The van der Waals surface area contributed by atoms with Crippen LogP contribution in [0.3, 0.4) is 0 Å². The van der Waals surface area contributed by atoms with E-state index in [1.165, 1.54) is 6.08 Å². The standard InChI is InChI=1S/C16H19NO4/c1-12-4-2-3-5-13(12)6-7-15(18)17-8-9-21-14(11-17)10-16(19)20/h2-7,14H,8-11H2,1H3,(H,19,20)/b7-6+/t14-/m1/s1. The van der Waals surface area contributed by atoms with Gasteiger partial charge in [0.05, 0.1) is 19.1 Å². The molecule has 0 bridgehead atoms. The lowest BCUT2D eigenvalue weighted by molar-refractivity contribution is -0.145. The molecule has 0 saturated carbocycles. The Balaban J connectivity index is 1.96. The van der Waals surface area contributed by atoms with Crippen LogP contribution in [0.25, 0.3) is 6.08 Å². The number of morpholine rings is 1. The second kappa shape index (κ2) is 7.04. The van der Waals surface area contributed by atoms with Crippen molar-refractivity contribution >= 4 is 18.0 Å². The van der Waals surface area contributed by atoms with Gasteiger partial charge in [-0.2, -0.15) is 0 Å². The summed E-state index contributed by atoms with van der Waals surface area (Å²) in [6, 6.07) is 7.81. The van der Waals surface area contributed by atoms with Crippen LogP contribution in [-0.2, 0) is 14.3 Å². The van der Waals surface area contributed by atoms with E-state index in [9.17, 15) is 9.59 Å². The summed E-state index contributed by atoms with van der Waals surface area (Å²) in [6.45, 7) is 3.18. The molecule has 21 heavy (non-hydrogen) atoms. The number of amides is 1. The van der Waals surface area contributed by atoms with Gasteiger partial charge >= 0.3 is 5.97 Å². The minimum atomic E-state index is -0.912. The van der Waals surface area contributed by atoms with Crippen molar-refractivity contribution in [2.75, 3.05) is 19.7 Å². The average Bonchev–Trinajstić information content (AvgIpc) is 2.45. The van der Waals surface area contributed by atoms with Crippen molar-refractivity contribution in [3.05, 3.63) is 41.5 Å². The van der Waals surface area contributed by atoms with Gasteiger partial charge in [-0.1, -0.05) is 24.3 Å². The highest BCUT2D eigenvalue weighted by molar-refractivity contribution is 5.92. The molecule has 1 atom stereocenters. The fourth-order valence-corrected chi connectivity index (χ4v) is 2.28. The highest BCUT2D eigenvalue weighted by atomic mass is 16.5. The predicted molar refractivity (Wildman–Crippen MR) is 78.8 cm³/mol. The van der Waals surface area contributed by atoms with E-state index in [0.717, 1.165) is 11.1 Å². The molecule has 0 unspecified atom stereocenters. The number of carbonyl (C=O) groups excluding carboxylic acids is 1. The molecule has 0 aromatic heterocycles. The van der Waals surface area contributed by atoms with E-state index in [1.807, 2.05) is 31.2 Å². The zero-order valence-corrected chi connectivity index (χ0v) is 12.0. The van der Waals surface area contributed by atoms with Crippen LogP contribution < -0.4 is 0 Å². The quantitative estimate of drug-likeness (QED) is 0.857. The number of carboxylic acid groups (broad SMARTS) is 1. The van der Waals surface area contributed by atoms with Gasteiger partial charge in [-0.15, -0.1) is 0 Å². The summed E-state index contributed by atoms with van der Waals surface area (Å²) in [7, 11) is 0. The minimum absolute atomic E-state index is 0.0781. The Morgan fingerprint density at radius 3 is 2.90 bits per heavy atom. The van der Waals surface area contributed by atoms with E-state index in [2.05, 4.69) is 0 Å². The van der Waals surface area contributed by atoms with Crippen molar-refractivity contribution in [1.29, 1.82) is 0 Å². The molecule has 2 rings (SSSR count). The lowest BCUT2D eigenvalue weighted by Crippen LogP contribution is -2.45. The van der Waals surface area contributed by atoms with Gasteiger partial charge in [0.2, 0.25) is 5.91 Å². The molecular formula is C16H19NO4. The zero-order valence-electron chi connectivity index (χ0n) is 12.0. The molecule has 1 amide bonds. The summed E-state index contributed by atoms with van der Waals surface area (Å²) in [5, 5.41) is 8.78. The molecule has 1 fully saturated rings. The van der Waals surface area contributed by atoms with E-state index in [0.29, 0.717) is 19.7 Å². The Morgan fingerprint density at radius 2 is 2.19 bits per heavy atom. The Labute approximate surface area is 123 Å². The molecule has 0 radical (unpaired) electrons. The molecule has 1 aliphatic heterocycles. The summed E-state index contributed by atoms with van der Waals surface area (Å²) < 4.78 is 5.35. The third-order valence-corrected chi connectivity index (χ3v) is 3.45. The molecule has 1 aromatic carbocycles. The molecule has 0 spiro atoms. The third kappa shape index (κ3) is 4.43. The monoisotopic (exact) mass is 289 g/mol. The van der Waals surface area contributed by atoms with Crippen LogP contribution in [0.15, 0.2) is 30.3 Å². The normalized spacial score (nSPS) is 18.9. The number of aliphatic carboxylic acids is 1. The molecule has 112 valence electrons. The Hall–Kier alpha value is -2.14. The molecule has 0 aliphatic carbocycles. The van der Waals surface area contributed by atoms with Gasteiger partial charge in [0.1, 0.15) is 0 Å². The summed E-state index contributed by atoms with van der Waals surface area (Å²) in [4.78, 5) is 24.5. The van der Waals surface area contributed by atoms with Crippen LogP contribution in [-0.4, -0.2) is 47.7 Å². The van der Waals surface area contributed by atoms with Crippen molar-refractivity contribution in [2.24, 2.45) is 0 Å². The maximum Gasteiger partial charge on any atom is 0.306 e. The topological polar surface area (TPSA) is 66.8 Å². The number of ether oxygens (including phenoxy) is 1. The van der Waals surface area contributed by atoms with Gasteiger partial charge in [-0.3, -0.25) is 9.59 Å². The fourth-order valence-electron chi connectivity index (χ4n) is 2.28. The van der Waals surface area contributed by atoms with E-state index in [1.54, 1.807) is 11.0 Å². The smallest absolute Gasteiger partial charge is 0.306 e. The lowest BCUT2D eigenvalue weighted by atomic mass is 10.1. The maximum absolute atomic E-state index is 12.2. The molecule has 1 aromatic rings. The number of aryl methyl sites for hydroxylation is 1.